The molecule has 1 atom stereocenters. The number of hydrogen-bond donors (Lipinski definition) is 2. The van der Waals surface area contributed by atoms with E-state index < -0.39 is 16.1 Å². The number of rotatable bonds is 7. The molecule has 0 bridgehead atoms. The van der Waals surface area contributed by atoms with Crippen molar-refractivity contribution in [1.29, 1.82) is 0 Å². The van der Waals surface area contributed by atoms with Crippen molar-refractivity contribution in [2.24, 2.45) is 0 Å². The Hall–Kier alpha value is -1.11. The third-order valence-corrected chi connectivity index (χ3v) is 4.18. The Labute approximate surface area is 114 Å². The quantitative estimate of drug-likeness (QED) is 0.744. The lowest BCUT2D eigenvalue weighted by molar-refractivity contribution is 0.182. The van der Waals surface area contributed by atoms with E-state index in [1.54, 1.807) is 25.1 Å². The van der Waals surface area contributed by atoms with Crippen molar-refractivity contribution >= 4 is 10.0 Å². The van der Waals surface area contributed by atoms with Gasteiger partial charge in [0.15, 0.2) is 0 Å². The first-order valence-corrected chi connectivity index (χ1v) is 7.67. The molecule has 0 heterocycles. The molecule has 0 saturated heterocycles. The normalized spacial score (nSPS) is 13.3. The van der Waals surface area contributed by atoms with Crippen LogP contribution in [0.1, 0.15) is 25.3 Å². The summed E-state index contributed by atoms with van der Waals surface area (Å²) in [7, 11) is -2.14. The number of nitrogens with one attached hydrogen (secondary N) is 1. The zero-order valence-corrected chi connectivity index (χ0v) is 12.3. The fourth-order valence-electron chi connectivity index (χ4n) is 1.68. The maximum atomic E-state index is 12.2. The van der Waals surface area contributed by atoms with Crippen LogP contribution in [0.4, 0.5) is 0 Å². The average molecular weight is 287 g/mol. The van der Waals surface area contributed by atoms with E-state index >= 15 is 0 Å². The zero-order chi connectivity index (χ0) is 14.5. The molecule has 1 aromatic rings. The topological polar surface area (TPSA) is 75.6 Å². The van der Waals surface area contributed by atoms with Gasteiger partial charge in [-0.05, 0) is 44.4 Å². The smallest absolute Gasteiger partial charge is 0.244 e. The lowest BCUT2D eigenvalue weighted by Gasteiger charge is -2.11. The Morgan fingerprint density at radius 1 is 1.42 bits per heavy atom. The molecule has 0 radical (unpaired) electrons. The predicted octanol–water partition coefficient (Wildman–Crippen LogP) is 1.44. The van der Waals surface area contributed by atoms with Gasteiger partial charge < -0.3 is 9.84 Å². The molecule has 0 saturated carbocycles. The van der Waals surface area contributed by atoms with Crippen LogP contribution in [0.2, 0.25) is 0 Å². The van der Waals surface area contributed by atoms with Crippen LogP contribution in [0.15, 0.2) is 23.1 Å². The first-order valence-electron chi connectivity index (χ1n) is 6.19. The number of aliphatic hydroxyl groups excluding tert-OH is 1. The van der Waals surface area contributed by atoms with Crippen LogP contribution in [-0.2, 0) is 10.0 Å². The summed E-state index contributed by atoms with van der Waals surface area (Å²) in [5, 5.41) is 9.12. The molecule has 1 aromatic carbocycles. The van der Waals surface area contributed by atoms with Crippen LogP contribution in [0, 0.1) is 6.92 Å². The minimum atomic E-state index is -3.58. The summed E-state index contributed by atoms with van der Waals surface area (Å²) in [6, 6.07) is 5.01. The van der Waals surface area contributed by atoms with E-state index in [0.717, 1.165) is 5.56 Å². The summed E-state index contributed by atoms with van der Waals surface area (Å²) in [6.45, 7) is 3.80. The second-order valence-corrected chi connectivity index (χ2v) is 6.28. The molecule has 108 valence electrons. The van der Waals surface area contributed by atoms with Crippen molar-refractivity contribution in [2.75, 3.05) is 13.7 Å². The lowest BCUT2D eigenvalue weighted by Crippen LogP contribution is -2.26. The van der Waals surface area contributed by atoms with Gasteiger partial charge in [0.25, 0.3) is 0 Å². The molecule has 5 nitrogen and oxygen atoms in total. The summed E-state index contributed by atoms with van der Waals surface area (Å²) in [5.74, 6) is 0.327. The molecule has 0 aromatic heterocycles. The third-order valence-electron chi connectivity index (χ3n) is 2.70. The van der Waals surface area contributed by atoms with Crippen LogP contribution in [0.5, 0.6) is 5.75 Å². The van der Waals surface area contributed by atoms with Gasteiger partial charge in [-0.3, -0.25) is 0 Å². The monoisotopic (exact) mass is 287 g/mol. The van der Waals surface area contributed by atoms with Gasteiger partial charge in [0.1, 0.15) is 10.6 Å². The van der Waals surface area contributed by atoms with Crippen molar-refractivity contribution in [3.8, 4) is 5.75 Å². The SMILES string of the molecule is COc1ccc(C)cc1S(=O)(=O)NCCCC(C)O. The van der Waals surface area contributed by atoms with Crippen molar-refractivity contribution in [3.63, 3.8) is 0 Å². The summed E-state index contributed by atoms with van der Waals surface area (Å²) in [5.41, 5.74) is 0.852. The minimum Gasteiger partial charge on any atom is -0.495 e. The molecular weight excluding hydrogens is 266 g/mol. The first kappa shape index (κ1) is 15.9. The van der Waals surface area contributed by atoms with Gasteiger partial charge in [0.05, 0.1) is 13.2 Å². The Kier molecular flexibility index (Phi) is 5.78. The predicted molar refractivity (Wildman–Crippen MR) is 73.8 cm³/mol. The molecule has 1 unspecified atom stereocenters. The summed E-state index contributed by atoms with van der Waals surface area (Å²) in [4.78, 5) is 0.145. The molecule has 0 aliphatic heterocycles. The molecule has 0 aliphatic rings. The molecule has 19 heavy (non-hydrogen) atoms. The van der Waals surface area contributed by atoms with Crippen molar-refractivity contribution in [2.45, 2.75) is 37.7 Å². The van der Waals surface area contributed by atoms with Gasteiger partial charge >= 0.3 is 0 Å². The van der Waals surface area contributed by atoms with Gasteiger partial charge in [0, 0.05) is 6.54 Å². The summed E-state index contributed by atoms with van der Waals surface area (Å²) in [6.07, 6.45) is 0.733. The van der Waals surface area contributed by atoms with Crippen LogP contribution in [-0.4, -0.2) is 33.3 Å². The zero-order valence-electron chi connectivity index (χ0n) is 11.5. The Morgan fingerprint density at radius 2 is 2.11 bits per heavy atom. The van der Waals surface area contributed by atoms with Crippen molar-refractivity contribution in [1.82, 2.24) is 4.72 Å². The van der Waals surface area contributed by atoms with E-state index in [0.29, 0.717) is 25.1 Å². The Morgan fingerprint density at radius 3 is 2.68 bits per heavy atom. The fourth-order valence-corrected chi connectivity index (χ4v) is 3.00. The number of hydrogen-bond acceptors (Lipinski definition) is 4. The van der Waals surface area contributed by atoms with E-state index in [4.69, 9.17) is 9.84 Å². The highest BCUT2D eigenvalue weighted by molar-refractivity contribution is 7.89. The van der Waals surface area contributed by atoms with Crippen molar-refractivity contribution in [3.05, 3.63) is 23.8 Å². The van der Waals surface area contributed by atoms with E-state index in [1.807, 2.05) is 6.92 Å². The number of benzene rings is 1. The van der Waals surface area contributed by atoms with Crippen LogP contribution in [0.25, 0.3) is 0 Å². The van der Waals surface area contributed by atoms with Gasteiger partial charge in [0.2, 0.25) is 10.0 Å². The first-order chi connectivity index (χ1) is 8.86. The largest absolute Gasteiger partial charge is 0.495 e. The number of methoxy groups -OCH3 is 1. The van der Waals surface area contributed by atoms with Crippen LogP contribution < -0.4 is 9.46 Å². The minimum absolute atomic E-state index is 0.145. The maximum Gasteiger partial charge on any atom is 0.244 e. The molecule has 1 rings (SSSR count). The van der Waals surface area contributed by atoms with E-state index in [1.165, 1.54) is 7.11 Å². The molecular formula is C13H21NO4S. The van der Waals surface area contributed by atoms with Gasteiger partial charge in [-0.25, -0.2) is 13.1 Å². The summed E-state index contributed by atoms with van der Waals surface area (Å²) < 4.78 is 31.9. The standard InChI is InChI=1S/C13H21NO4S/c1-10-6-7-12(18-3)13(9-10)19(16,17)14-8-4-5-11(2)15/h6-7,9,11,14-15H,4-5,8H2,1-3H3. The van der Waals surface area contributed by atoms with Gasteiger partial charge in [-0.15, -0.1) is 0 Å². The second-order valence-electron chi connectivity index (χ2n) is 4.54. The van der Waals surface area contributed by atoms with Gasteiger partial charge in [-0.2, -0.15) is 0 Å². The van der Waals surface area contributed by atoms with E-state index in [9.17, 15) is 8.42 Å². The maximum absolute atomic E-state index is 12.2. The molecule has 6 heteroatoms. The Balaban J connectivity index is 2.79. The van der Waals surface area contributed by atoms with Crippen molar-refractivity contribution < 1.29 is 18.3 Å². The average Bonchev–Trinajstić information content (AvgIpc) is 2.34. The number of sulfonamides is 1. The summed E-state index contributed by atoms with van der Waals surface area (Å²) >= 11 is 0. The van der Waals surface area contributed by atoms with E-state index in [-0.39, 0.29) is 4.90 Å². The number of ether oxygens (including phenoxy) is 1. The second kappa shape index (κ2) is 6.88. The number of aliphatic hydroxyl groups is 1. The highest BCUT2D eigenvalue weighted by atomic mass is 32.2. The Bertz CT molecular complexity index is 511. The fraction of sp³-hybridized carbons (Fsp3) is 0.538. The highest BCUT2D eigenvalue weighted by Gasteiger charge is 2.19. The van der Waals surface area contributed by atoms with E-state index in [2.05, 4.69) is 4.72 Å². The molecule has 0 fully saturated rings. The van der Waals surface area contributed by atoms with Gasteiger partial charge in [-0.1, -0.05) is 6.07 Å². The molecule has 0 amide bonds. The lowest BCUT2D eigenvalue weighted by atomic mass is 10.2. The molecule has 2 N–H and O–H groups in total. The molecule has 0 spiro atoms. The number of aryl methyl sites for hydroxylation is 1. The van der Waals surface area contributed by atoms with Crippen LogP contribution in [0.3, 0.4) is 0 Å². The van der Waals surface area contributed by atoms with Crippen LogP contribution >= 0.6 is 0 Å². The highest BCUT2D eigenvalue weighted by Crippen LogP contribution is 2.24. The third kappa shape index (κ3) is 4.81. The molecule has 0 aliphatic carbocycles.